The number of carbonyl (C=O) groups is 1. The number of sulfonamides is 1. The molecule has 0 bridgehead atoms. The molecule has 1 aromatic carbocycles. The Morgan fingerprint density at radius 1 is 1.17 bits per heavy atom. The van der Waals surface area contributed by atoms with Gasteiger partial charge >= 0.3 is 0 Å². The number of rotatable bonds is 7. The van der Waals surface area contributed by atoms with Crippen LogP contribution in [0.5, 0.6) is 0 Å². The summed E-state index contributed by atoms with van der Waals surface area (Å²) in [5, 5.41) is 2.69. The first-order valence-corrected chi connectivity index (χ1v) is 9.18. The first-order chi connectivity index (χ1) is 11.4. The molecule has 6 nitrogen and oxygen atoms in total. The Morgan fingerprint density at radius 3 is 2.46 bits per heavy atom. The highest BCUT2D eigenvalue weighted by atomic mass is 32.2. The van der Waals surface area contributed by atoms with Gasteiger partial charge in [-0.25, -0.2) is 8.42 Å². The lowest BCUT2D eigenvalue weighted by atomic mass is 10.2. The predicted molar refractivity (Wildman–Crippen MR) is 91.7 cm³/mol. The fourth-order valence-corrected chi connectivity index (χ4v) is 3.31. The minimum atomic E-state index is -3.74. The summed E-state index contributed by atoms with van der Waals surface area (Å²) in [6, 6.07) is 9.34. The number of aromatic nitrogens is 1. The number of amides is 1. The number of carbonyl (C=O) groups excluding carboxylic acids is 1. The fraction of sp³-hybridized carbons (Fsp3) is 0.294. The average Bonchev–Trinajstić information content (AvgIpc) is 2.60. The highest BCUT2D eigenvalue weighted by Gasteiger charge is 2.21. The molecule has 128 valence electrons. The van der Waals surface area contributed by atoms with E-state index in [0.29, 0.717) is 6.54 Å². The summed E-state index contributed by atoms with van der Waals surface area (Å²) in [7, 11) is -3.74. The summed E-state index contributed by atoms with van der Waals surface area (Å²) < 4.78 is 27.0. The van der Waals surface area contributed by atoms with Gasteiger partial charge in [0.1, 0.15) is 0 Å². The van der Waals surface area contributed by atoms with E-state index in [9.17, 15) is 13.2 Å². The lowest BCUT2D eigenvalue weighted by Gasteiger charge is -2.14. The first-order valence-electron chi connectivity index (χ1n) is 7.70. The van der Waals surface area contributed by atoms with E-state index in [4.69, 9.17) is 0 Å². The molecule has 1 aromatic heterocycles. The largest absolute Gasteiger partial charge is 0.351 e. The van der Waals surface area contributed by atoms with Gasteiger partial charge in [-0.2, -0.15) is 4.72 Å². The molecule has 0 aliphatic carbocycles. The van der Waals surface area contributed by atoms with E-state index in [1.54, 1.807) is 42.7 Å². The summed E-state index contributed by atoms with van der Waals surface area (Å²) in [5.41, 5.74) is 1.90. The van der Waals surface area contributed by atoms with Gasteiger partial charge in [0, 0.05) is 18.9 Å². The van der Waals surface area contributed by atoms with Gasteiger partial charge in [0.05, 0.1) is 10.9 Å². The molecule has 0 aliphatic heterocycles. The molecule has 0 radical (unpaired) electrons. The Bertz CT molecular complexity index is 774. The molecule has 0 unspecified atom stereocenters. The van der Waals surface area contributed by atoms with Crippen molar-refractivity contribution in [1.29, 1.82) is 0 Å². The van der Waals surface area contributed by atoms with Gasteiger partial charge in [-0.1, -0.05) is 25.1 Å². The molecule has 2 rings (SSSR count). The smallest absolute Gasteiger partial charge is 0.241 e. The lowest BCUT2D eigenvalue weighted by molar-refractivity contribution is -0.122. The van der Waals surface area contributed by atoms with Gasteiger partial charge in [-0.05, 0) is 42.7 Å². The van der Waals surface area contributed by atoms with Crippen LogP contribution < -0.4 is 10.0 Å². The molecule has 0 fully saturated rings. The van der Waals surface area contributed by atoms with Crippen molar-refractivity contribution in [2.75, 3.05) is 0 Å². The van der Waals surface area contributed by atoms with Gasteiger partial charge in [-0.15, -0.1) is 0 Å². The van der Waals surface area contributed by atoms with Crippen LogP contribution in [0.1, 0.15) is 25.0 Å². The Labute approximate surface area is 142 Å². The maximum absolute atomic E-state index is 12.3. The Morgan fingerprint density at radius 2 is 1.88 bits per heavy atom. The second-order valence-corrected chi connectivity index (χ2v) is 7.13. The summed E-state index contributed by atoms with van der Waals surface area (Å²) >= 11 is 0. The van der Waals surface area contributed by atoms with Crippen molar-refractivity contribution in [2.45, 2.75) is 37.8 Å². The molecule has 0 saturated carbocycles. The van der Waals surface area contributed by atoms with Crippen molar-refractivity contribution in [1.82, 2.24) is 15.0 Å². The SMILES string of the molecule is CCc1ccc(S(=O)(=O)N[C@@H](C)C(=O)NCc2cccnc2)cc1. The molecule has 1 atom stereocenters. The lowest BCUT2D eigenvalue weighted by Crippen LogP contribution is -2.44. The molecular formula is C17H21N3O3S. The van der Waals surface area contributed by atoms with Gasteiger partial charge in [0.2, 0.25) is 15.9 Å². The number of hydrogen-bond acceptors (Lipinski definition) is 4. The molecule has 1 heterocycles. The van der Waals surface area contributed by atoms with Crippen LogP contribution in [0.15, 0.2) is 53.7 Å². The molecular weight excluding hydrogens is 326 g/mol. The van der Waals surface area contributed by atoms with Crippen LogP contribution in [0, 0.1) is 0 Å². The van der Waals surface area contributed by atoms with E-state index >= 15 is 0 Å². The zero-order valence-corrected chi connectivity index (χ0v) is 14.5. The Kier molecular flexibility index (Phi) is 6.05. The molecule has 2 N–H and O–H groups in total. The van der Waals surface area contributed by atoms with Crippen molar-refractivity contribution in [3.63, 3.8) is 0 Å². The number of nitrogens with one attached hydrogen (secondary N) is 2. The van der Waals surface area contributed by atoms with E-state index in [0.717, 1.165) is 17.5 Å². The Balaban J connectivity index is 1.96. The van der Waals surface area contributed by atoms with E-state index in [2.05, 4.69) is 15.0 Å². The third-order valence-electron chi connectivity index (χ3n) is 3.56. The molecule has 7 heteroatoms. The summed E-state index contributed by atoms with van der Waals surface area (Å²) in [4.78, 5) is 16.2. The van der Waals surface area contributed by atoms with Crippen LogP contribution in [0.3, 0.4) is 0 Å². The van der Waals surface area contributed by atoms with Crippen molar-refractivity contribution < 1.29 is 13.2 Å². The minimum Gasteiger partial charge on any atom is -0.351 e. The molecule has 24 heavy (non-hydrogen) atoms. The third-order valence-corrected chi connectivity index (χ3v) is 5.11. The maximum atomic E-state index is 12.3. The standard InChI is InChI=1S/C17H21N3O3S/c1-3-14-6-8-16(9-7-14)24(22,23)20-13(2)17(21)19-12-15-5-4-10-18-11-15/h4-11,13,20H,3,12H2,1-2H3,(H,19,21)/t13-/m0/s1. The monoisotopic (exact) mass is 347 g/mol. The maximum Gasteiger partial charge on any atom is 0.241 e. The van der Waals surface area contributed by atoms with E-state index in [1.165, 1.54) is 6.92 Å². The van der Waals surface area contributed by atoms with Crippen molar-refractivity contribution in [2.24, 2.45) is 0 Å². The second-order valence-electron chi connectivity index (χ2n) is 5.42. The topological polar surface area (TPSA) is 88.2 Å². The number of aryl methyl sites for hydroxylation is 1. The van der Waals surface area contributed by atoms with Crippen molar-refractivity contribution in [3.8, 4) is 0 Å². The molecule has 0 spiro atoms. The van der Waals surface area contributed by atoms with Gasteiger partial charge in [-0.3, -0.25) is 9.78 Å². The van der Waals surface area contributed by atoms with E-state index < -0.39 is 22.0 Å². The zero-order chi connectivity index (χ0) is 17.6. The van der Waals surface area contributed by atoms with Crippen LogP contribution in [0.2, 0.25) is 0 Å². The average molecular weight is 347 g/mol. The van der Waals surface area contributed by atoms with Crippen LogP contribution in [-0.4, -0.2) is 25.4 Å². The number of pyridine rings is 1. The van der Waals surface area contributed by atoms with E-state index in [-0.39, 0.29) is 4.90 Å². The van der Waals surface area contributed by atoms with Gasteiger partial charge < -0.3 is 5.32 Å². The van der Waals surface area contributed by atoms with Crippen LogP contribution in [0.25, 0.3) is 0 Å². The number of nitrogens with zero attached hydrogens (tertiary/aromatic N) is 1. The summed E-state index contributed by atoms with van der Waals surface area (Å²) in [6.07, 6.45) is 4.12. The quantitative estimate of drug-likeness (QED) is 0.797. The Hall–Kier alpha value is -2.25. The van der Waals surface area contributed by atoms with E-state index in [1.807, 2.05) is 13.0 Å². The predicted octanol–water partition coefficient (Wildman–Crippen LogP) is 1.63. The number of hydrogen-bond donors (Lipinski definition) is 2. The third kappa shape index (κ3) is 4.87. The van der Waals surface area contributed by atoms with Crippen LogP contribution in [0.4, 0.5) is 0 Å². The molecule has 1 amide bonds. The zero-order valence-electron chi connectivity index (χ0n) is 13.7. The highest BCUT2D eigenvalue weighted by Crippen LogP contribution is 2.11. The first kappa shape index (κ1) is 18.1. The van der Waals surface area contributed by atoms with Crippen LogP contribution in [-0.2, 0) is 27.8 Å². The highest BCUT2D eigenvalue weighted by molar-refractivity contribution is 7.89. The summed E-state index contributed by atoms with van der Waals surface area (Å²) in [5.74, 6) is -0.396. The van der Waals surface area contributed by atoms with Crippen molar-refractivity contribution >= 4 is 15.9 Å². The molecule has 2 aromatic rings. The molecule has 0 aliphatic rings. The summed E-state index contributed by atoms with van der Waals surface area (Å²) in [6.45, 7) is 3.80. The van der Waals surface area contributed by atoms with Crippen molar-refractivity contribution in [3.05, 3.63) is 59.9 Å². The molecule has 0 saturated heterocycles. The van der Waals surface area contributed by atoms with Gasteiger partial charge in [0.25, 0.3) is 0 Å². The fourth-order valence-electron chi connectivity index (χ4n) is 2.10. The minimum absolute atomic E-state index is 0.145. The normalized spacial score (nSPS) is 12.6. The number of benzene rings is 1. The second kappa shape index (κ2) is 8.03. The van der Waals surface area contributed by atoms with Crippen LogP contribution >= 0.6 is 0 Å². The van der Waals surface area contributed by atoms with Gasteiger partial charge in [0.15, 0.2) is 0 Å².